The second kappa shape index (κ2) is 27.5. The first-order valence-corrected chi connectivity index (χ1v) is 21.1. The van der Waals surface area contributed by atoms with E-state index in [1.165, 1.54) is 7.11 Å². The third kappa shape index (κ3) is 18.2. The van der Waals surface area contributed by atoms with Gasteiger partial charge >= 0.3 is 11.9 Å². The topological polar surface area (TPSA) is 98.8 Å². The highest BCUT2D eigenvalue weighted by molar-refractivity contribution is 5.82. The predicted octanol–water partition coefficient (Wildman–Crippen LogP) is 10.1. The summed E-state index contributed by atoms with van der Waals surface area (Å²) in [5, 5.41) is 0. The molecular weight excluding hydrogens is 733 g/mol. The molecule has 316 valence electrons. The lowest BCUT2D eigenvalue weighted by atomic mass is 9.86. The maximum Gasteiger partial charge on any atom is 0.330 e. The van der Waals surface area contributed by atoms with Crippen LogP contribution in [0.3, 0.4) is 0 Å². The molecule has 1 heterocycles. The number of hydrogen-bond donors (Lipinski definition) is 0. The highest BCUT2D eigenvalue weighted by Crippen LogP contribution is 2.33. The summed E-state index contributed by atoms with van der Waals surface area (Å²) < 4.78 is 42.2. The van der Waals surface area contributed by atoms with Gasteiger partial charge in [-0.25, -0.2) is 4.79 Å². The molecule has 3 aromatic carbocycles. The molecule has 4 rings (SSSR count). The van der Waals surface area contributed by atoms with Crippen molar-refractivity contribution >= 4 is 11.9 Å². The van der Waals surface area contributed by atoms with E-state index in [-0.39, 0.29) is 55.0 Å². The zero-order valence-electron chi connectivity index (χ0n) is 35.1. The maximum atomic E-state index is 12.8. The molecule has 1 saturated heterocycles. The smallest absolute Gasteiger partial charge is 0.330 e. The molecule has 1 fully saturated rings. The van der Waals surface area contributed by atoms with Crippen molar-refractivity contribution in [2.24, 2.45) is 11.8 Å². The van der Waals surface area contributed by atoms with Gasteiger partial charge in [-0.1, -0.05) is 141 Å². The average Bonchev–Trinajstić information content (AvgIpc) is 3.24. The predicted molar refractivity (Wildman–Crippen MR) is 227 cm³/mol. The van der Waals surface area contributed by atoms with E-state index < -0.39 is 0 Å². The molecule has 0 amide bonds. The van der Waals surface area contributed by atoms with Gasteiger partial charge in [-0.05, 0) is 56.2 Å². The molecule has 58 heavy (non-hydrogen) atoms. The van der Waals surface area contributed by atoms with Gasteiger partial charge < -0.3 is 33.2 Å². The summed E-state index contributed by atoms with van der Waals surface area (Å²) in [6.07, 6.45) is 12.4. The average molecular weight is 799 g/mol. The summed E-state index contributed by atoms with van der Waals surface area (Å²) >= 11 is 0. The number of hydrogen-bond acceptors (Lipinski definition) is 9. The fourth-order valence-electron chi connectivity index (χ4n) is 6.90. The molecule has 0 saturated carbocycles. The molecule has 9 heteroatoms. The van der Waals surface area contributed by atoms with Crippen LogP contribution in [0.1, 0.15) is 95.2 Å². The Morgan fingerprint density at radius 3 is 1.95 bits per heavy atom. The van der Waals surface area contributed by atoms with Crippen molar-refractivity contribution in [3.8, 4) is 0 Å². The molecule has 6 atom stereocenters. The quantitative estimate of drug-likeness (QED) is 0.0245. The van der Waals surface area contributed by atoms with Gasteiger partial charge in [-0.15, -0.1) is 0 Å². The van der Waals surface area contributed by atoms with Gasteiger partial charge in [0.25, 0.3) is 0 Å². The van der Waals surface area contributed by atoms with E-state index in [9.17, 15) is 9.59 Å². The van der Waals surface area contributed by atoms with Gasteiger partial charge in [0.15, 0.2) is 0 Å². The Morgan fingerprint density at radius 1 is 0.759 bits per heavy atom. The number of methoxy groups -OCH3 is 1. The van der Waals surface area contributed by atoms with Crippen LogP contribution in [-0.2, 0) is 62.6 Å². The minimum atomic E-state index is -0.385. The Kier molecular flexibility index (Phi) is 22.1. The molecule has 1 aliphatic heterocycles. The molecule has 0 aliphatic carbocycles. The maximum absolute atomic E-state index is 12.8. The van der Waals surface area contributed by atoms with Crippen LogP contribution in [-0.4, -0.2) is 63.5 Å². The highest BCUT2D eigenvalue weighted by Gasteiger charge is 2.42. The number of carbonyl (C=O) groups excluding carboxylic acids is 2. The second-order valence-electron chi connectivity index (χ2n) is 15.3. The van der Waals surface area contributed by atoms with Gasteiger partial charge in [-0.2, -0.15) is 0 Å². The molecule has 0 N–H and O–H groups in total. The molecule has 1 aliphatic rings. The van der Waals surface area contributed by atoms with Gasteiger partial charge in [0.1, 0.15) is 12.9 Å². The largest absolute Gasteiger partial charge is 0.469 e. The van der Waals surface area contributed by atoms with E-state index in [1.807, 2.05) is 73.7 Å². The first-order valence-electron chi connectivity index (χ1n) is 21.1. The molecule has 0 spiro atoms. The third-order valence-electron chi connectivity index (χ3n) is 10.5. The van der Waals surface area contributed by atoms with E-state index in [0.29, 0.717) is 45.9 Å². The number of carbonyl (C=O) groups is 2. The number of rotatable bonds is 27. The number of ether oxygens (including phenoxy) is 7. The van der Waals surface area contributed by atoms with E-state index in [1.54, 1.807) is 6.08 Å². The Morgan fingerprint density at radius 2 is 1.33 bits per heavy atom. The molecule has 0 radical (unpaired) electrons. The second-order valence-corrected chi connectivity index (χ2v) is 15.3. The zero-order valence-corrected chi connectivity index (χ0v) is 35.1. The normalized spacial score (nSPS) is 19.5. The van der Waals surface area contributed by atoms with Crippen molar-refractivity contribution < 1.29 is 42.7 Å². The summed E-state index contributed by atoms with van der Waals surface area (Å²) in [5.74, 6) is -0.295. The van der Waals surface area contributed by atoms with Crippen molar-refractivity contribution in [3.05, 3.63) is 131 Å². The number of unbranched alkanes of at least 4 members (excludes halogenated alkanes) is 5. The Bertz CT molecular complexity index is 1610. The van der Waals surface area contributed by atoms with Crippen LogP contribution in [0.15, 0.2) is 115 Å². The van der Waals surface area contributed by atoms with E-state index >= 15 is 0 Å². The fraction of sp³-hybridized carbons (Fsp3) is 0.510. The Hall–Kier alpha value is -4.12. The summed E-state index contributed by atoms with van der Waals surface area (Å²) in [7, 11) is 1.42. The van der Waals surface area contributed by atoms with Crippen LogP contribution in [0.25, 0.3) is 0 Å². The standard InChI is InChI=1S/C49H66O9/c1-38(32-47(51)54-30-19-8-6-5-7-18-29-46(50)52-4)31-45-49(57-35-43-26-16-11-17-27-43)48(56-34-42-24-14-10-15-25-42)44(36-55-45)28-20-21-39(2)40(3)58-37-53-33-41-22-12-9-13-23-41/h9-17,20-27,32,39-40,44-45,48-49H,5-8,18-19,28-31,33-37H2,1-4H3/b21-20+,38-32+/t39-,40+,44?,45?,48?,49?/m1/s1. The van der Waals surface area contributed by atoms with Crippen molar-refractivity contribution in [3.63, 3.8) is 0 Å². The molecule has 0 bridgehead atoms. The lowest BCUT2D eigenvalue weighted by molar-refractivity contribution is -0.207. The Balaban J connectivity index is 1.35. The Labute approximate surface area is 347 Å². The van der Waals surface area contributed by atoms with Crippen LogP contribution < -0.4 is 0 Å². The monoisotopic (exact) mass is 798 g/mol. The third-order valence-corrected chi connectivity index (χ3v) is 10.5. The van der Waals surface area contributed by atoms with E-state index in [4.69, 9.17) is 33.2 Å². The van der Waals surface area contributed by atoms with Crippen LogP contribution >= 0.6 is 0 Å². The first-order chi connectivity index (χ1) is 28.3. The number of benzene rings is 3. The minimum Gasteiger partial charge on any atom is -0.469 e. The number of esters is 2. The zero-order chi connectivity index (χ0) is 41.2. The van der Waals surface area contributed by atoms with Crippen LogP contribution in [0.4, 0.5) is 0 Å². The van der Waals surface area contributed by atoms with Gasteiger partial charge in [-0.3, -0.25) is 4.79 Å². The summed E-state index contributed by atoms with van der Waals surface area (Å²) in [5.41, 5.74) is 4.14. The summed E-state index contributed by atoms with van der Waals surface area (Å²) in [6, 6.07) is 30.4. The van der Waals surface area contributed by atoms with Gasteiger partial charge in [0, 0.05) is 24.3 Å². The highest BCUT2D eigenvalue weighted by atomic mass is 16.7. The van der Waals surface area contributed by atoms with E-state index in [2.05, 4.69) is 50.3 Å². The van der Waals surface area contributed by atoms with Crippen LogP contribution in [0, 0.1) is 11.8 Å². The van der Waals surface area contributed by atoms with Gasteiger partial charge in [0.05, 0.1) is 58.5 Å². The lowest BCUT2D eigenvalue weighted by Gasteiger charge is -2.42. The SMILES string of the molecule is COC(=O)CCCCCCCCOC(=O)/C=C(\C)CC1OCC(C/C=C/[C@@H](C)[C@H](C)OCOCc2ccccc2)C(OCc2ccccc2)C1OCc1ccccc1. The number of allylic oxidation sites excluding steroid dienone is 1. The minimum absolute atomic E-state index is 0.0251. The molecular formula is C49H66O9. The van der Waals surface area contributed by atoms with E-state index in [0.717, 1.165) is 67.2 Å². The van der Waals surface area contributed by atoms with Crippen molar-refractivity contribution in [1.29, 1.82) is 0 Å². The molecule has 4 unspecified atom stereocenters. The first kappa shape index (κ1) is 46.6. The van der Waals surface area contributed by atoms with Crippen molar-refractivity contribution in [2.45, 2.75) is 123 Å². The lowest BCUT2D eigenvalue weighted by Crippen LogP contribution is -2.52. The summed E-state index contributed by atoms with van der Waals surface area (Å²) in [6.45, 7) is 8.64. The van der Waals surface area contributed by atoms with Gasteiger partial charge in [0.2, 0.25) is 0 Å². The molecule has 3 aromatic rings. The van der Waals surface area contributed by atoms with Crippen molar-refractivity contribution in [2.75, 3.05) is 27.1 Å². The fourth-order valence-corrected chi connectivity index (χ4v) is 6.90. The molecule has 9 nitrogen and oxygen atoms in total. The van der Waals surface area contributed by atoms with Crippen LogP contribution in [0.5, 0.6) is 0 Å². The van der Waals surface area contributed by atoms with Crippen LogP contribution in [0.2, 0.25) is 0 Å². The summed E-state index contributed by atoms with van der Waals surface area (Å²) in [4.78, 5) is 24.1. The molecule has 0 aromatic heterocycles. The van der Waals surface area contributed by atoms with Crippen molar-refractivity contribution in [1.82, 2.24) is 0 Å².